The molecule has 0 unspecified atom stereocenters. The molecule has 0 aromatic heterocycles. The number of hydrogen-bond donors (Lipinski definition) is 2. The molecule has 8 heteroatoms. The monoisotopic (exact) mass is 468 g/mol. The summed E-state index contributed by atoms with van der Waals surface area (Å²) in [5, 5.41) is 20.7. The van der Waals surface area contributed by atoms with E-state index in [1.54, 1.807) is 44.2 Å². The molecule has 0 spiro atoms. The van der Waals surface area contributed by atoms with Gasteiger partial charge in [0, 0.05) is 18.8 Å². The van der Waals surface area contributed by atoms with Crippen molar-refractivity contribution in [3.05, 3.63) is 42.5 Å². The van der Waals surface area contributed by atoms with E-state index in [1.807, 2.05) is 0 Å². The Bertz CT molecular complexity index is 784. The molecule has 1 aromatic rings. The summed E-state index contributed by atoms with van der Waals surface area (Å²) in [5.41, 5.74) is 0. The van der Waals surface area contributed by atoms with Crippen LogP contribution in [0.3, 0.4) is 0 Å². The first kappa shape index (κ1) is 25.6. The van der Waals surface area contributed by atoms with Gasteiger partial charge in [-0.15, -0.1) is 0 Å². The number of alkyl halides is 2. The lowest BCUT2D eigenvalue weighted by molar-refractivity contribution is -0.147. The zero-order chi connectivity index (χ0) is 24.0. The van der Waals surface area contributed by atoms with Crippen LogP contribution in [-0.4, -0.2) is 59.2 Å². The van der Waals surface area contributed by atoms with Gasteiger partial charge >= 0.3 is 5.97 Å². The summed E-state index contributed by atoms with van der Waals surface area (Å²) >= 11 is 0. The molecule has 2 aliphatic rings. The third-order valence-corrected chi connectivity index (χ3v) is 6.08. The quantitative estimate of drug-likeness (QED) is 0.275. The lowest BCUT2D eigenvalue weighted by Crippen LogP contribution is -2.26. The molecule has 1 aromatic carbocycles. The van der Waals surface area contributed by atoms with Gasteiger partial charge in [-0.05, 0) is 57.2 Å². The molecule has 1 saturated carbocycles. The van der Waals surface area contributed by atoms with Gasteiger partial charge in [0.1, 0.15) is 5.75 Å². The lowest BCUT2D eigenvalue weighted by atomic mass is 9.88. The Morgan fingerprint density at radius 2 is 1.94 bits per heavy atom. The van der Waals surface area contributed by atoms with Crippen molar-refractivity contribution < 1.29 is 38.0 Å². The molecule has 0 bridgehead atoms. The number of hydrogen-bond acceptors (Lipinski definition) is 6. The predicted molar refractivity (Wildman–Crippen MR) is 118 cm³/mol. The number of benzene rings is 1. The molecule has 6 atom stereocenters. The van der Waals surface area contributed by atoms with E-state index >= 15 is 0 Å². The molecular weight excluding hydrogens is 434 g/mol. The molecule has 2 N–H and O–H groups in total. The SMILES string of the molecule is CC(C)OC(=O)CCC[C@H]1O[C@H]1C[C@@H]1[C@@H](/C=C/C(F)(F)COc2ccccc2)[C@H](O)C[C@@H]1O. The first-order valence-electron chi connectivity index (χ1n) is 11.6. The van der Waals surface area contributed by atoms with E-state index in [9.17, 15) is 23.8 Å². The van der Waals surface area contributed by atoms with E-state index in [2.05, 4.69) is 0 Å². The highest BCUT2D eigenvalue weighted by atomic mass is 19.3. The Balaban J connectivity index is 1.47. The van der Waals surface area contributed by atoms with E-state index < -0.39 is 30.7 Å². The van der Waals surface area contributed by atoms with Crippen molar-refractivity contribution in [1.29, 1.82) is 0 Å². The number of aliphatic hydroxyl groups excluding tert-OH is 2. The van der Waals surface area contributed by atoms with Crippen LogP contribution >= 0.6 is 0 Å². The Morgan fingerprint density at radius 3 is 2.64 bits per heavy atom. The third kappa shape index (κ3) is 8.05. The van der Waals surface area contributed by atoms with Crippen molar-refractivity contribution in [3.8, 4) is 5.75 Å². The molecule has 1 aliphatic heterocycles. The maximum Gasteiger partial charge on any atom is 0.306 e. The molecule has 1 aliphatic carbocycles. The van der Waals surface area contributed by atoms with Crippen molar-refractivity contribution in [3.63, 3.8) is 0 Å². The molecule has 2 fully saturated rings. The number of rotatable bonds is 12. The van der Waals surface area contributed by atoms with E-state index in [1.165, 1.54) is 6.08 Å². The Morgan fingerprint density at radius 1 is 1.21 bits per heavy atom. The van der Waals surface area contributed by atoms with E-state index in [0.717, 1.165) is 6.08 Å². The zero-order valence-electron chi connectivity index (χ0n) is 19.1. The number of aliphatic hydroxyl groups is 2. The molecule has 1 saturated heterocycles. The maximum absolute atomic E-state index is 14.3. The number of carbonyl (C=O) groups excluding carboxylic acids is 1. The first-order chi connectivity index (χ1) is 15.6. The second-order valence-electron chi connectivity index (χ2n) is 9.21. The number of carbonyl (C=O) groups is 1. The van der Waals surface area contributed by atoms with Crippen LogP contribution in [0.15, 0.2) is 42.5 Å². The minimum Gasteiger partial charge on any atom is -0.487 e. The molecule has 33 heavy (non-hydrogen) atoms. The fourth-order valence-electron chi connectivity index (χ4n) is 4.38. The average Bonchev–Trinajstić information content (AvgIpc) is 3.43. The Kier molecular flexibility index (Phi) is 8.84. The minimum atomic E-state index is -3.21. The van der Waals surface area contributed by atoms with Crippen molar-refractivity contribution >= 4 is 5.97 Å². The van der Waals surface area contributed by atoms with Gasteiger partial charge in [0.2, 0.25) is 0 Å². The van der Waals surface area contributed by atoms with Crippen molar-refractivity contribution in [1.82, 2.24) is 0 Å². The number of esters is 1. The van der Waals surface area contributed by atoms with Crippen LogP contribution in [0.1, 0.15) is 46.0 Å². The molecule has 0 amide bonds. The van der Waals surface area contributed by atoms with Gasteiger partial charge in [0.15, 0.2) is 6.61 Å². The molecule has 0 radical (unpaired) electrons. The van der Waals surface area contributed by atoms with Crippen LogP contribution in [0.2, 0.25) is 0 Å². The highest BCUT2D eigenvalue weighted by molar-refractivity contribution is 5.69. The Labute approximate surface area is 193 Å². The van der Waals surface area contributed by atoms with Crippen LogP contribution in [0, 0.1) is 11.8 Å². The first-order valence-corrected chi connectivity index (χ1v) is 11.6. The molecule has 1 heterocycles. The Hall–Kier alpha value is -2.03. The number of epoxide rings is 1. The molecular formula is C25H34F2O6. The van der Waals surface area contributed by atoms with Gasteiger partial charge in [0.25, 0.3) is 5.92 Å². The highest BCUT2D eigenvalue weighted by Gasteiger charge is 2.47. The van der Waals surface area contributed by atoms with E-state index in [0.29, 0.717) is 31.4 Å². The maximum atomic E-state index is 14.3. The standard InChI is InChI=1S/C25H34F2O6/c1-16(2)32-24(30)10-6-9-22-23(33-22)13-19-18(20(28)14-21(19)29)11-12-25(26,27)15-31-17-7-4-3-5-8-17/h3-5,7-8,11-12,16,18-23,28-29H,6,9-10,13-15H2,1-2H3/b12-11+/t18-,19-,20-,21+,22-,23+/m1/s1. The molecule has 184 valence electrons. The van der Waals surface area contributed by atoms with Gasteiger partial charge in [-0.2, -0.15) is 8.78 Å². The third-order valence-electron chi connectivity index (χ3n) is 6.08. The van der Waals surface area contributed by atoms with Crippen LogP contribution in [0.25, 0.3) is 0 Å². The zero-order valence-corrected chi connectivity index (χ0v) is 19.1. The topological polar surface area (TPSA) is 88.5 Å². The second kappa shape index (κ2) is 11.4. The van der Waals surface area contributed by atoms with E-state index in [4.69, 9.17) is 14.2 Å². The van der Waals surface area contributed by atoms with Crippen molar-refractivity contribution in [2.45, 2.75) is 82.4 Å². The summed E-state index contributed by atoms with van der Waals surface area (Å²) < 4.78 is 44.6. The van der Waals surface area contributed by atoms with Gasteiger partial charge in [0.05, 0.1) is 30.5 Å². The largest absolute Gasteiger partial charge is 0.487 e. The average molecular weight is 469 g/mol. The highest BCUT2D eigenvalue weighted by Crippen LogP contribution is 2.42. The normalized spacial score (nSPS) is 29.5. The summed E-state index contributed by atoms with van der Waals surface area (Å²) in [4.78, 5) is 11.6. The minimum absolute atomic E-state index is 0.0212. The number of para-hydroxylation sites is 1. The van der Waals surface area contributed by atoms with Gasteiger partial charge in [-0.1, -0.05) is 24.3 Å². The van der Waals surface area contributed by atoms with Crippen LogP contribution in [0.5, 0.6) is 5.75 Å². The number of halogens is 2. The van der Waals surface area contributed by atoms with E-state index in [-0.39, 0.29) is 36.6 Å². The summed E-state index contributed by atoms with van der Waals surface area (Å²) in [6.45, 7) is 2.79. The van der Waals surface area contributed by atoms with Crippen LogP contribution in [-0.2, 0) is 14.3 Å². The summed E-state index contributed by atoms with van der Waals surface area (Å²) in [6, 6.07) is 8.38. The second-order valence-corrected chi connectivity index (χ2v) is 9.21. The van der Waals surface area contributed by atoms with Gasteiger partial charge in [-0.25, -0.2) is 0 Å². The van der Waals surface area contributed by atoms with Crippen molar-refractivity contribution in [2.75, 3.05) is 6.61 Å². The smallest absolute Gasteiger partial charge is 0.306 e. The lowest BCUT2D eigenvalue weighted by Gasteiger charge is -2.21. The van der Waals surface area contributed by atoms with Gasteiger partial charge in [-0.3, -0.25) is 4.79 Å². The number of ether oxygens (including phenoxy) is 3. The van der Waals surface area contributed by atoms with Gasteiger partial charge < -0.3 is 24.4 Å². The molecule has 3 rings (SSSR count). The summed E-state index contributed by atoms with van der Waals surface area (Å²) in [7, 11) is 0. The fraction of sp³-hybridized carbons (Fsp3) is 0.640. The fourth-order valence-corrected chi connectivity index (χ4v) is 4.38. The summed E-state index contributed by atoms with van der Waals surface area (Å²) in [5.74, 6) is -4.05. The van der Waals surface area contributed by atoms with Crippen LogP contribution in [0.4, 0.5) is 8.78 Å². The summed E-state index contributed by atoms with van der Waals surface area (Å²) in [6.07, 6.45) is 2.40. The predicted octanol–water partition coefficient (Wildman–Crippen LogP) is 3.89. The molecule has 6 nitrogen and oxygen atoms in total. The van der Waals surface area contributed by atoms with Crippen molar-refractivity contribution in [2.24, 2.45) is 11.8 Å². The van der Waals surface area contributed by atoms with Crippen LogP contribution < -0.4 is 4.74 Å².